The van der Waals surface area contributed by atoms with E-state index in [1.165, 1.54) is 0 Å². The molecule has 0 saturated heterocycles. The average Bonchev–Trinajstić information content (AvgIpc) is 2.15. The van der Waals surface area contributed by atoms with Gasteiger partial charge in [0.25, 0.3) is 0 Å². The standard InChI is InChI=1S/C16H46O5Si6/c1-16(18-24(5,6)7,15(22)17-23(2,3)4)19-27(14,20-25(8,9)10)21-26(11,12)13/h15H,1-14,22H3. The largest absolute Gasteiger partial charge is 0.478 e. The second-order valence-electron chi connectivity index (χ2n) is 11.5. The van der Waals surface area contributed by atoms with E-state index in [-0.39, 0.29) is 5.73 Å². The van der Waals surface area contributed by atoms with Crippen LogP contribution in [-0.2, 0) is 21.5 Å². The molecule has 164 valence electrons. The van der Waals surface area contributed by atoms with Crippen LogP contribution in [0.4, 0.5) is 0 Å². The Morgan fingerprint density at radius 1 is 0.593 bits per heavy atom. The molecule has 11 heteroatoms. The fourth-order valence-corrected chi connectivity index (χ4v) is 19.3. The first kappa shape index (κ1) is 28.1. The van der Waals surface area contributed by atoms with E-state index in [9.17, 15) is 0 Å². The lowest BCUT2D eigenvalue weighted by Crippen LogP contribution is -2.64. The Balaban J connectivity index is 5.97. The fourth-order valence-electron chi connectivity index (χ4n) is 2.98. The summed E-state index contributed by atoms with van der Waals surface area (Å²) in [7, 11) is -9.44. The zero-order valence-corrected chi connectivity index (χ0v) is 27.6. The zero-order chi connectivity index (χ0) is 22.1. The van der Waals surface area contributed by atoms with E-state index in [0.29, 0.717) is 0 Å². The van der Waals surface area contributed by atoms with E-state index >= 15 is 0 Å². The van der Waals surface area contributed by atoms with Gasteiger partial charge in [-0.25, -0.2) is 0 Å². The molecule has 0 aromatic heterocycles. The van der Waals surface area contributed by atoms with Crippen molar-refractivity contribution >= 4 is 52.3 Å². The van der Waals surface area contributed by atoms with Crippen LogP contribution in [0.25, 0.3) is 0 Å². The predicted octanol–water partition coefficient (Wildman–Crippen LogP) is 4.39. The first-order valence-corrected chi connectivity index (χ1v) is 27.0. The zero-order valence-electron chi connectivity index (χ0n) is 20.6. The highest BCUT2D eigenvalue weighted by atomic mass is 28.5. The molecule has 0 saturated carbocycles. The summed E-state index contributed by atoms with van der Waals surface area (Å²) in [6.07, 6.45) is 0. The lowest BCUT2D eigenvalue weighted by atomic mass is 10.4. The third-order valence-corrected chi connectivity index (χ3v) is 15.6. The summed E-state index contributed by atoms with van der Waals surface area (Å²) < 4.78 is 33.0. The average molecular weight is 487 g/mol. The Morgan fingerprint density at radius 2 is 0.963 bits per heavy atom. The minimum Gasteiger partial charge on any atom is -0.416 e. The molecule has 0 aliphatic rings. The predicted molar refractivity (Wildman–Crippen MR) is 133 cm³/mol. The fraction of sp³-hybridized carbons (Fsp3) is 1.00. The van der Waals surface area contributed by atoms with Gasteiger partial charge >= 0.3 is 8.80 Å². The molecular weight excluding hydrogens is 441 g/mol. The van der Waals surface area contributed by atoms with Crippen molar-refractivity contribution < 1.29 is 21.5 Å². The lowest BCUT2D eigenvalue weighted by Gasteiger charge is -2.48. The molecule has 0 heterocycles. The molecule has 0 aromatic rings. The van der Waals surface area contributed by atoms with Gasteiger partial charge in [-0.1, -0.05) is 0 Å². The molecule has 0 aliphatic carbocycles. The van der Waals surface area contributed by atoms with Gasteiger partial charge in [0.2, 0.25) is 0 Å². The highest BCUT2D eigenvalue weighted by molar-refractivity contribution is 6.85. The monoisotopic (exact) mass is 486 g/mol. The Labute approximate surface area is 177 Å². The SMILES string of the molecule is CC(O[Si](C)(C)C)(O[Si](C)(O[Si](C)(C)C)O[Si](C)(C)C)C([SiH3])O[Si](C)(C)C. The Kier molecular flexibility index (Phi) is 9.45. The molecule has 0 bridgehead atoms. The van der Waals surface area contributed by atoms with Gasteiger partial charge in [0, 0.05) is 16.8 Å². The minimum absolute atomic E-state index is 0.0711. The molecule has 2 atom stereocenters. The van der Waals surface area contributed by atoms with Crippen LogP contribution in [0.15, 0.2) is 0 Å². The molecule has 0 amide bonds. The summed E-state index contributed by atoms with van der Waals surface area (Å²) in [6.45, 7) is 30.4. The van der Waals surface area contributed by atoms with E-state index < -0.39 is 47.9 Å². The molecule has 27 heavy (non-hydrogen) atoms. The van der Waals surface area contributed by atoms with Crippen molar-refractivity contribution in [1.82, 2.24) is 0 Å². The first-order chi connectivity index (χ1) is 11.5. The normalized spacial score (nSPS) is 18.4. The molecule has 0 fully saturated rings. The van der Waals surface area contributed by atoms with E-state index in [1.54, 1.807) is 0 Å². The van der Waals surface area contributed by atoms with Crippen LogP contribution in [0, 0.1) is 0 Å². The lowest BCUT2D eigenvalue weighted by molar-refractivity contribution is -0.170. The van der Waals surface area contributed by atoms with Gasteiger partial charge in [-0.15, -0.1) is 0 Å². The smallest absolute Gasteiger partial charge is 0.416 e. The van der Waals surface area contributed by atoms with Gasteiger partial charge in [0.05, 0.1) is 5.73 Å². The van der Waals surface area contributed by atoms with Crippen molar-refractivity contribution in [3.63, 3.8) is 0 Å². The van der Waals surface area contributed by atoms with Gasteiger partial charge in [-0.05, 0) is 85.5 Å². The molecule has 0 aliphatic heterocycles. The summed E-state index contributed by atoms with van der Waals surface area (Å²) in [5.41, 5.74) is -0.0711. The van der Waals surface area contributed by atoms with Crippen LogP contribution >= 0.6 is 0 Å². The molecule has 5 nitrogen and oxygen atoms in total. The van der Waals surface area contributed by atoms with Crippen molar-refractivity contribution in [2.24, 2.45) is 0 Å². The second-order valence-corrected chi connectivity index (χ2v) is 33.4. The molecule has 2 unspecified atom stereocenters. The number of rotatable bonds is 11. The summed E-state index contributed by atoms with van der Waals surface area (Å²) in [5, 5.41) is 0. The highest BCUT2D eigenvalue weighted by Gasteiger charge is 2.51. The van der Waals surface area contributed by atoms with Crippen molar-refractivity contribution in [3.05, 3.63) is 0 Å². The summed E-state index contributed by atoms with van der Waals surface area (Å²) in [6, 6.07) is 0. The first-order valence-electron chi connectivity index (χ1n) is 9.94. The van der Waals surface area contributed by atoms with Gasteiger partial charge in [-0.2, -0.15) is 0 Å². The molecule has 0 spiro atoms. The number of hydrogen-bond donors (Lipinski definition) is 0. The Bertz CT molecular complexity index is 462. The molecule has 0 N–H and O–H groups in total. The summed E-state index contributed by atoms with van der Waals surface area (Å²) in [5.74, 6) is -0.836. The van der Waals surface area contributed by atoms with Gasteiger partial charge < -0.3 is 21.5 Å². The van der Waals surface area contributed by atoms with Gasteiger partial charge in [0.15, 0.2) is 39.1 Å². The topological polar surface area (TPSA) is 46.2 Å². The van der Waals surface area contributed by atoms with E-state index in [1.807, 2.05) is 13.5 Å². The van der Waals surface area contributed by atoms with Crippen molar-refractivity contribution in [3.8, 4) is 0 Å². The van der Waals surface area contributed by atoms with Crippen LogP contribution < -0.4 is 0 Å². The third kappa shape index (κ3) is 13.1. The summed E-state index contributed by atoms with van der Waals surface area (Å²) in [4.78, 5) is 0. The Hall–Kier alpha value is 1.10. The molecule has 0 aromatic carbocycles. The highest BCUT2D eigenvalue weighted by Crippen LogP contribution is 2.33. The summed E-state index contributed by atoms with van der Waals surface area (Å²) >= 11 is 0. The maximum absolute atomic E-state index is 6.77. The van der Waals surface area contributed by atoms with E-state index in [0.717, 1.165) is 10.2 Å². The van der Waals surface area contributed by atoms with Crippen LogP contribution in [0.1, 0.15) is 6.92 Å². The van der Waals surface area contributed by atoms with Gasteiger partial charge in [-0.3, -0.25) is 0 Å². The van der Waals surface area contributed by atoms with Crippen molar-refractivity contribution in [2.45, 2.75) is 104 Å². The minimum atomic E-state index is -2.92. The van der Waals surface area contributed by atoms with Crippen LogP contribution in [0.3, 0.4) is 0 Å². The number of hydrogen-bond acceptors (Lipinski definition) is 5. The van der Waals surface area contributed by atoms with Crippen LogP contribution in [0.5, 0.6) is 0 Å². The third-order valence-electron chi connectivity index (χ3n) is 3.15. The van der Waals surface area contributed by atoms with Crippen molar-refractivity contribution in [1.29, 1.82) is 0 Å². The molecule has 0 radical (unpaired) electrons. The van der Waals surface area contributed by atoms with Crippen molar-refractivity contribution in [2.75, 3.05) is 0 Å². The van der Waals surface area contributed by atoms with Crippen LogP contribution in [-0.4, -0.2) is 63.8 Å². The van der Waals surface area contributed by atoms with E-state index in [2.05, 4.69) is 78.6 Å². The second kappa shape index (κ2) is 9.08. The van der Waals surface area contributed by atoms with Crippen LogP contribution in [0.2, 0.25) is 85.1 Å². The molecule has 0 rings (SSSR count). The maximum Gasteiger partial charge on any atom is 0.478 e. The quantitative estimate of drug-likeness (QED) is 0.320. The maximum atomic E-state index is 6.77. The molecular formula is C16H46O5Si6. The van der Waals surface area contributed by atoms with Gasteiger partial charge in [0.1, 0.15) is 0 Å². The van der Waals surface area contributed by atoms with E-state index in [4.69, 9.17) is 21.5 Å². The Morgan fingerprint density at radius 3 is 1.22 bits per heavy atom.